The number of nitrogens with one attached hydrogen (secondary N) is 1. The predicted octanol–water partition coefficient (Wildman–Crippen LogP) is 2.98. The maximum Gasteiger partial charge on any atom is 0.283 e. The molecule has 2 aromatic heterocycles. The molecule has 0 fully saturated rings. The van der Waals surface area contributed by atoms with Gasteiger partial charge in [0.1, 0.15) is 11.7 Å². The molecule has 0 bridgehead atoms. The zero-order valence-corrected chi connectivity index (χ0v) is 16.0. The Balaban J connectivity index is 1.62. The molecule has 4 aromatic rings. The van der Waals surface area contributed by atoms with E-state index >= 15 is 0 Å². The summed E-state index contributed by atoms with van der Waals surface area (Å²) in [5, 5.41) is 4.63. The number of fused-ring (bicyclic) bond motifs is 1. The fourth-order valence-corrected chi connectivity index (χ4v) is 2.93. The average Bonchev–Trinajstić information content (AvgIpc) is 3.16. The molecule has 144 valence electrons. The summed E-state index contributed by atoms with van der Waals surface area (Å²) in [4.78, 5) is 29.2. The summed E-state index contributed by atoms with van der Waals surface area (Å²) in [6.45, 7) is 4.05. The van der Waals surface area contributed by atoms with Gasteiger partial charge in [-0.05, 0) is 48.7 Å². The van der Waals surface area contributed by atoms with E-state index in [0.717, 1.165) is 21.5 Å². The highest BCUT2D eigenvalue weighted by Crippen LogP contribution is 2.17. The lowest BCUT2D eigenvalue weighted by molar-refractivity contribution is -0.112. The number of hydrogen-bond acceptors (Lipinski definition) is 4. The summed E-state index contributed by atoms with van der Waals surface area (Å²) in [5.41, 5.74) is 6.56. The Labute approximate surface area is 166 Å². The topological polar surface area (TPSA) is 81.8 Å². The Kier molecular flexibility index (Phi) is 4.78. The van der Waals surface area contributed by atoms with Gasteiger partial charge in [-0.15, -0.1) is 0 Å². The summed E-state index contributed by atoms with van der Waals surface area (Å²) in [5.74, 6) is -0.432. The number of aryl methyl sites for hydroxylation is 2. The van der Waals surface area contributed by atoms with Crippen LogP contribution in [-0.4, -0.2) is 25.3 Å². The Morgan fingerprint density at radius 1 is 1.07 bits per heavy atom. The fraction of sp³-hybridized carbons (Fsp3) is 0.0909. The third-order valence-electron chi connectivity index (χ3n) is 4.68. The molecule has 29 heavy (non-hydrogen) atoms. The normalized spacial score (nSPS) is 11.2. The molecular weight excluding hydrogens is 366 g/mol. The molecule has 0 saturated carbocycles. The van der Waals surface area contributed by atoms with Crippen LogP contribution in [0.2, 0.25) is 0 Å². The Morgan fingerprint density at radius 3 is 2.62 bits per heavy atom. The van der Waals surface area contributed by atoms with Gasteiger partial charge < -0.3 is 0 Å². The third-order valence-corrected chi connectivity index (χ3v) is 4.68. The van der Waals surface area contributed by atoms with E-state index in [1.807, 2.05) is 62.4 Å². The van der Waals surface area contributed by atoms with Crippen molar-refractivity contribution in [1.82, 2.24) is 19.4 Å². The summed E-state index contributed by atoms with van der Waals surface area (Å²) >= 11 is 0. The number of rotatable bonds is 4. The van der Waals surface area contributed by atoms with Gasteiger partial charge in [-0.3, -0.25) is 15.0 Å². The highest BCUT2D eigenvalue weighted by molar-refractivity contribution is 5.97. The molecule has 7 heteroatoms. The van der Waals surface area contributed by atoms with E-state index in [-0.39, 0.29) is 0 Å². The smallest absolute Gasteiger partial charge is 0.268 e. The lowest BCUT2D eigenvalue weighted by Crippen LogP contribution is -2.32. The molecule has 1 N–H and O–H groups in total. The van der Waals surface area contributed by atoms with Crippen LogP contribution >= 0.6 is 0 Å². The molecule has 0 radical (unpaired) electrons. The van der Waals surface area contributed by atoms with Gasteiger partial charge in [-0.2, -0.15) is 5.10 Å². The molecular formula is C22H19N5O2. The first-order valence-corrected chi connectivity index (χ1v) is 9.10. The van der Waals surface area contributed by atoms with Gasteiger partial charge >= 0.3 is 0 Å². The monoisotopic (exact) mass is 385 g/mol. The van der Waals surface area contributed by atoms with Gasteiger partial charge in [0.2, 0.25) is 0 Å². The molecule has 0 aliphatic carbocycles. The number of amides is 1. The number of benzene rings is 2. The van der Waals surface area contributed by atoms with Crippen molar-refractivity contribution in [2.24, 2.45) is 0 Å². The number of hydrogen-bond donors (Lipinski definition) is 1. The van der Waals surface area contributed by atoms with Crippen molar-refractivity contribution < 1.29 is 4.79 Å². The third kappa shape index (κ3) is 3.70. The van der Waals surface area contributed by atoms with Crippen LogP contribution in [0.5, 0.6) is 0 Å². The van der Waals surface area contributed by atoms with E-state index in [9.17, 15) is 9.59 Å². The van der Waals surface area contributed by atoms with Crippen molar-refractivity contribution in [3.8, 4) is 5.69 Å². The van der Waals surface area contributed by atoms with Crippen LogP contribution in [0, 0.1) is 13.8 Å². The van der Waals surface area contributed by atoms with Gasteiger partial charge in [0, 0.05) is 6.08 Å². The largest absolute Gasteiger partial charge is 0.283 e. The number of nitrogens with zero attached hydrogens (tertiary/aromatic N) is 4. The standard InChI is InChI=1S/C22H19N5O2/c1-15-8-10-18(12-16(15)2)27-21-19(13-24-27)22(29)26(14-23-21)25-20(28)11-9-17-6-4-3-5-7-17/h3-14H,1-2H3,(H,25,28). The molecule has 0 saturated heterocycles. The molecule has 4 rings (SSSR count). The van der Waals surface area contributed by atoms with Crippen LogP contribution in [0.3, 0.4) is 0 Å². The second kappa shape index (κ2) is 7.55. The summed E-state index contributed by atoms with van der Waals surface area (Å²) < 4.78 is 2.68. The van der Waals surface area contributed by atoms with E-state index in [0.29, 0.717) is 11.0 Å². The zero-order valence-electron chi connectivity index (χ0n) is 16.0. The quantitative estimate of drug-likeness (QED) is 0.548. The van der Waals surface area contributed by atoms with Crippen LogP contribution in [0.15, 0.2) is 71.9 Å². The Morgan fingerprint density at radius 2 is 1.86 bits per heavy atom. The maximum atomic E-state index is 12.7. The molecule has 0 aliphatic rings. The lowest BCUT2D eigenvalue weighted by atomic mass is 10.1. The Hall–Kier alpha value is -4.00. The van der Waals surface area contributed by atoms with Crippen molar-refractivity contribution >= 4 is 23.0 Å². The van der Waals surface area contributed by atoms with Crippen molar-refractivity contribution in [2.75, 3.05) is 5.43 Å². The van der Waals surface area contributed by atoms with E-state index < -0.39 is 11.5 Å². The molecule has 2 aromatic carbocycles. The van der Waals surface area contributed by atoms with E-state index in [1.54, 1.807) is 10.8 Å². The first kappa shape index (κ1) is 18.4. The van der Waals surface area contributed by atoms with E-state index in [1.165, 1.54) is 24.2 Å². The first-order chi connectivity index (χ1) is 14.0. The fourth-order valence-electron chi connectivity index (χ4n) is 2.93. The van der Waals surface area contributed by atoms with Crippen molar-refractivity contribution in [3.05, 3.63) is 94.2 Å². The second-order valence-corrected chi connectivity index (χ2v) is 6.70. The first-order valence-electron chi connectivity index (χ1n) is 9.10. The number of carbonyl (C=O) groups excluding carboxylic acids is 1. The zero-order chi connectivity index (χ0) is 20.4. The number of aromatic nitrogens is 4. The molecule has 7 nitrogen and oxygen atoms in total. The number of carbonyl (C=O) groups is 1. The summed E-state index contributed by atoms with van der Waals surface area (Å²) in [6.07, 6.45) is 5.79. The van der Waals surface area contributed by atoms with Gasteiger partial charge in [0.25, 0.3) is 11.5 Å². The van der Waals surface area contributed by atoms with Gasteiger partial charge in [0.05, 0.1) is 11.9 Å². The van der Waals surface area contributed by atoms with Gasteiger partial charge in [-0.1, -0.05) is 36.4 Å². The maximum absolute atomic E-state index is 12.7. The van der Waals surface area contributed by atoms with Crippen molar-refractivity contribution in [3.63, 3.8) is 0 Å². The molecule has 0 unspecified atom stereocenters. The summed E-state index contributed by atoms with van der Waals surface area (Å²) in [6, 6.07) is 15.3. The molecule has 0 atom stereocenters. The van der Waals surface area contributed by atoms with Gasteiger partial charge in [-0.25, -0.2) is 14.3 Å². The van der Waals surface area contributed by atoms with Gasteiger partial charge in [0.15, 0.2) is 5.65 Å². The summed E-state index contributed by atoms with van der Waals surface area (Å²) in [7, 11) is 0. The van der Waals surface area contributed by atoms with E-state index in [4.69, 9.17) is 0 Å². The van der Waals surface area contributed by atoms with Crippen molar-refractivity contribution in [1.29, 1.82) is 0 Å². The second-order valence-electron chi connectivity index (χ2n) is 6.70. The van der Waals surface area contributed by atoms with Crippen LogP contribution in [-0.2, 0) is 4.79 Å². The molecule has 1 amide bonds. The minimum absolute atomic E-state index is 0.318. The van der Waals surface area contributed by atoms with E-state index in [2.05, 4.69) is 15.5 Å². The Bertz CT molecular complexity index is 1290. The molecule has 2 heterocycles. The minimum atomic E-state index is -0.432. The SMILES string of the molecule is Cc1ccc(-n2ncc3c(=O)n(NC(=O)C=Cc4ccccc4)cnc32)cc1C. The van der Waals surface area contributed by atoms with Crippen LogP contribution in [0.25, 0.3) is 22.8 Å². The van der Waals surface area contributed by atoms with Crippen LogP contribution in [0.4, 0.5) is 0 Å². The average molecular weight is 385 g/mol. The van der Waals surface area contributed by atoms with Crippen LogP contribution < -0.4 is 11.0 Å². The highest BCUT2D eigenvalue weighted by atomic mass is 16.2. The van der Waals surface area contributed by atoms with Crippen molar-refractivity contribution in [2.45, 2.75) is 13.8 Å². The highest BCUT2D eigenvalue weighted by Gasteiger charge is 2.12. The van der Waals surface area contributed by atoms with Crippen LogP contribution in [0.1, 0.15) is 16.7 Å². The lowest BCUT2D eigenvalue weighted by Gasteiger charge is -2.08. The molecule has 0 spiro atoms. The minimum Gasteiger partial charge on any atom is -0.268 e. The molecule has 0 aliphatic heterocycles. The predicted molar refractivity (Wildman–Crippen MR) is 112 cm³/mol.